The standard InChI is InChI=1S/C11H11ClFN3O3S/c1-6-8(5-17)11(15-14-6)20(18,19)16-7-2-3-9(12)10(13)4-7/h2-4,16-17H,5H2,1H3,(H,14,15). The molecule has 0 saturated heterocycles. The van der Waals surface area contributed by atoms with Crippen molar-refractivity contribution in [3.63, 3.8) is 0 Å². The minimum Gasteiger partial charge on any atom is -0.392 e. The van der Waals surface area contributed by atoms with E-state index in [1.54, 1.807) is 6.92 Å². The van der Waals surface area contributed by atoms with E-state index in [-0.39, 0.29) is 21.3 Å². The van der Waals surface area contributed by atoms with Gasteiger partial charge in [-0.1, -0.05) is 11.6 Å². The zero-order chi connectivity index (χ0) is 14.9. The molecule has 0 bridgehead atoms. The molecule has 108 valence electrons. The summed E-state index contributed by atoms with van der Waals surface area (Å²) in [5, 5.41) is 14.8. The number of H-pyrrole nitrogens is 1. The molecule has 0 radical (unpaired) electrons. The highest BCUT2D eigenvalue weighted by atomic mass is 35.5. The molecule has 3 N–H and O–H groups in total. The second kappa shape index (κ2) is 5.39. The van der Waals surface area contributed by atoms with Crippen LogP contribution in [0.3, 0.4) is 0 Å². The van der Waals surface area contributed by atoms with Crippen molar-refractivity contribution in [3.05, 3.63) is 40.3 Å². The van der Waals surface area contributed by atoms with E-state index in [2.05, 4.69) is 14.9 Å². The zero-order valence-electron chi connectivity index (χ0n) is 10.3. The number of nitrogens with zero attached hydrogens (tertiary/aromatic N) is 1. The van der Waals surface area contributed by atoms with Crippen LogP contribution in [0.25, 0.3) is 0 Å². The number of aromatic amines is 1. The molecule has 0 aliphatic rings. The highest BCUT2D eigenvalue weighted by Crippen LogP contribution is 2.23. The van der Waals surface area contributed by atoms with Gasteiger partial charge < -0.3 is 5.11 Å². The fourth-order valence-electron chi connectivity index (χ4n) is 1.60. The lowest BCUT2D eigenvalue weighted by Gasteiger charge is -2.07. The minimum absolute atomic E-state index is 0.0106. The molecule has 0 fully saturated rings. The summed E-state index contributed by atoms with van der Waals surface area (Å²) < 4.78 is 39.7. The Morgan fingerprint density at radius 1 is 1.50 bits per heavy atom. The molecule has 0 saturated carbocycles. The molecule has 0 spiro atoms. The third-order valence-electron chi connectivity index (χ3n) is 2.62. The van der Waals surface area contributed by atoms with E-state index < -0.39 is 22.4 Å². The summed E-state index contributed by atoms with van der Waals surface area (Å²) >= 11 is 5.52. The van der Waals surface area contributed by atoms with Gasteiger partial charge in [0.25, 0.3) is 10.0 Å². The number of aliphatic hydroxyl groups excluding tert-OH is 1. The molecule has 0 unspecified atom stereocenters. The van der Waals surface area contributed by atoms with Gasteiger partial charge in [-0.25, -0.2) is 4.39 Å². The molecule has 1 heterocycles. The predicted molar refractivity (Wildman–Crippen MR) is 71.5 cm³/mol. The lowest BCUT2D eigenvalue weighted by atomic mass is 10.3. The van der Waals surface area contributed by atoms with E-state index in [1.165, 1.54) is 12.1 Å². The van der Waals surface area contributed by atoms with Crippen LogP contribution >= 0.6 is 11.6 Å². The lowest BCUT2D eigenvalue weighted by Crippen LogP contribution is -2.15. The van der Waals surface area contributed by atoms with Gasteiger partial charge in [-0.2, -0.15) is 13.5 Å². The average Bonchev–Trinajstić information content (AvgIpc) is 2.75. The molecule has 0 aliphatic carbocycles. The first-order valence-corrected chi connectivity index (χ1v) is 7.34. The maximum absolute atomic E-state index is 13.3. The third kappa shape index (κ3) is 2.77. The number of hydrogen-bond acceptors (Lipinski definition) is 4. The Hall–Kier alpha value is -1.64. The van der Waals surface area contributed by atoms with Crippen molar-refractivity contribution in [1.82, 2.24) is 10.2 Å². The lowest BCUT2D eigenvalue weighted by molar-refractivity contribution is 0.277. The molecule has 9 heteroatoms. The molecule has 0 atom stereocenters. The Labute approximate surface area is 119 Å². The summed E-state index contributed by atoms with van der Waals surface area (Å²) in [6.07, 6.45) is 0. The third-order valence-corrected chi connectivity index (χ3v) is 4.28. The molecule has 0 amide bonds. The van der Waals surface area contributed by atoms with Crippen molar-refractivity contribution >= 4 is 27.3 Å². The molecule has 1 aromatic heterocycles. The van der Waals surface area contributed by atoms with Crippen molar-refractivity contribution in [2.24, 2.45) is 0 Å². The number of hydrogen-bond donors (Lipinski definition) is 3. The first kappa shape index (κ1) is 14.8. The van der Waals surface area contributed by atoms with Crippen LogP contribution in [-0.4, -0.2) is 23.7 Å². The quantitative estimate of drug-likeness (QED) is 0.801. The number of rotatable bonds is 4. The Kier molecular flexibility index (Phi) is 3.98. The fourth-order valence-corrected chi connectivity index (χ4v) is 2.96. The summed E-state index contributed by atoms with van der Waals surface area (Å²) in [7, 11) is -4.03. The molecule has 0 aliphatic heterocycles. The molecule has 6 nitrogen and oxygen atoms in total. The van der Waals surface area contributed by atoms with Gasteiger partial charge in [0.2, 0.25) is 5.03 Å². The first-order valence-electron chi connectivity index (χ1n) is 5.47. The second-order valence-electron chi connectivity index (χ2n) is 4.02. The Bertz CT molecular complexity index is 745. The van der Waals surface area contributed by atoms with E-state index in [0.29, 0.717) is 5.69 Å². The largest absolute Gasteiger partial charge is 0.392 e. The van der Waals surface area contributed by atoms with Gasteiger partial charge >= 0.3 is 0 Å². The second-order valence-corrected chi connectivity index (χ2v) is 6.03. The number of aromatic nitrogens is 2. The van der Waals surface area contributed by atoms with Gasteiger partial charge in [-0.05, 0) is 25.1 Å². The van der Waals surface area contributed by atoms with Crippen molar-refractivity contribution in [2.45, 2.75) is 18.6 Å². The van der Waals surface area contributed by atoms with Crippen LogP contribution in [0.2, 0.25) is 5.02 Å². The normalized spacial score (nSPS) is 11.6. The van der Waals surface area contributed by atoms with Crippen LogP contribution in [0.15, 0.2) is 23.2 Å². The van der Waals surface area contributed by atoms with E-state index in [9.17, 15) is 12.8 Å². The van der Waals surface area contributed by atoms with E-state index in [1.807, 2.05) is 0 Å². The number of sulfonamides is 1. The van der Waals surface area contributed by atoms with Gasteiger partial charge in [-0.15, -0.1) is 0 Å². The first-order chi connectivity index (χ1) is 9.35. The summed E-state index contributed by atoms with van der Waals surface area (Å²) in [6.45, 7) is 1.10. The van der Waals surface area contributed by atoms with Crippen LogP contribution in [0.4, 0.5) is 10.1 Å². The number of nitrogens with one attached hydrogen (secondary N) is 2. The van der Waals surface area contributed by atoms with Crippen LogP contribution in [0.1, 0.15) is 11.3 Å². The van der Waals surface area contributed by atoms with E-state index in [0.717, 1.165) is 6.07 Å². The van der Waals surface area contributed by atoms with Crippen molar-refractivity contribution in [2.75, 3.05) is 4.72 Å². The van der Waals surface area contributed by atoms with Crippen LogP contribution in [0.5, 0.6) is 0 Å². The van der Waals surface area contributed by atoms with E-state index in [4.69, 9.17) is 16.7 Å². The van der Waals surface area contributed by atoms with E-state index >= 15 is 0 Å². The molecule has 2 aromatic rings. The molecular weight excluding hydrogens is 309 g/mol. The maximum atomic E-state index is 13.3. The van der Waals surface area contributed by atoms with Gasteiger partial charge in [0.05, 0.1) is 17.3 Å². The molecule has 2 rings (SSSR count). The van der Waals surface area contributed by atoms with Crippen molar-refractivity contribution in [3.8, 4) is 0 Å². The molecule has 1 aromatic carbocycles. The number of aliphatic hydroxyl groups is 1. The van der Waals surface area contributed by atoms with Gasteiger partial charge in [0.1, 0.15) is 5.82 Å². The number of benzene rings is 1. The Morgan fingerprint density at radius 2 is 2.20 bits per heavy atom. The smallest absolute Gasteiger partial charge is 0.281 e. The fraction of sp³-hybridized carbons (Fsp3) is 0.182. The number of anilines is 1. The predicted octanol–water partition coefficient (Wildman–Crippen LogP) is 1.80. The summed E-state index contributed by atoms with van der Waals surface area (Å²) in [5.74, 6) is -0.743. The summed E-state index contributed by atoms with van der Waals surface area (Å²) in [6, 6.07) is 3.51. The number of halogens is 2. The summed E-state index contributed by atoms with van der Waals surface area (Å²) in [5.41, 5.74) is 0.610. The zero-order valence-corrected chi connectivity index (χ0v) is 11.9. The highest BCUT2D eigenvalue weighted by Gasteiger charge is 2.23. The van der Waals surface area contributed by atoms with Gasteiger partial charge in [0, 0.05) is 11.3 Å². The van der Waals surface area contributed by atoms with Crippen molar-refractivity contribution < 1.29 is 17.9 Å². The monoisotopic (exact) mass is 319 g/mol. The van der Waals surface area contributed by atoms with Gasteiger partial charge in [-0.3, -0.25) is 9.82 Å². The van der Waals surface area contributed by atoms with Gasteiger partial charge in [0.15, 0.2) is 0 Å². The molecular formula is C11H11ClFN3O3S. The van der Waals surface area contributed by atoms with Crippen molar-refractivity contribution in [1.29, 1.82) is 0 Å². The molecule has 20 heavy (non-hydrogen) atoms. The minimum atomic E-state index is -4.03. The Balaban J connectivity index is 2.38. The van der Waals surface area contributed by atoms with Crippen LogP contribution < -0.4 is 4.72 Å². The Morgan fingerprint density at radius 3 is 2.80 bits per heavy atom. The summed E-state index contributed by atoms with van der Waals surface area (Å²) in [4.78, 5) is 0. The SMILES string of the molecule is Cc1[nH]nc(S(=O)(=O)Nc2ccc(Cl)c(F)c2)c1CO. The van der Waals surface area contributed by atoms with Crippen LogP contribution in [0, 0.1) is 12.7 Å². The number of aryl methyl sites for hydroxylation is 1. The maximum Gasteiger partial charge on any atom is 0.281 e. The average molecular weight is 320 g/mol. The highest BCUT2D eigenvalue weighted by molar-refractivity contribution is 7.92. The topological polar surface area (TPSA) is 95.1 Å². The van der Waals surface area contributed by atoms with Crippen LogP contribution in [-0.2, 0) is 16.6 Å².